The number of phenols is 2. The summed E-state index contributed by atoms with van der Waals surface area (Å²) in [6.07, 6.45) is 1.61. The molecule has 1 heterocycles. The van der Waals surface area contributed by atoms with E-state index >= 15 is 0 Å². The van der Waals surface area contributed by atoms with Crippen molar-refractivity contribution in [1.29, 1.82) is 0 Å². The van der Waals surface area contributed by atoms with Crippen molar-refractivity contribution in [1.82, 2.24) is 9.80 Å². The predicted molar refractivity (Wildman–Crippen MR) is 115 cm³/mol. The van der Waals surface area contributed by atoms with E-state index < -0.39 is 0 Å². The molecular formula is C23H28N2O6. The Labute approximate surface area is 181 Å². The van der Waals surface area contributed by atoms with Gasteiger partial charge in [-0.25, -0.2) is 0 Å². The fourth-order valence-electron chi connectivity index (χ4n) is 3.72. The van der Waals surface area contributed by atoms with E-state index in [1.807, 2.05) is 18.2 Å². The zero-order valence-corrected chi connectivity index (χ0v) is 17.8. The number of carbonyl (C=O) groups excluding carboxylic acids is 2. The molecule has 2 aromatic rings. The fourth-order valence-corrected chi connectivity index (χ4v) is 3.72. The number of hydrogen-bond donors (Lipinski definition) is 2. The van der Waals surface area contributed by atoms with Crippen LogP contribution < -0.4 is 9.47 Å². The minimum absolute atomic E-state index is 0.0408. The lowest BCUT2D eigenvalue weighted by molar-refractivity contribution is -0.131. The van der Waals surface area contributed by atoms with Gasteiger partial charge in [0.2, 0.25) is 5.91 Å². The average Bonchev–Trinajstić information content (AvgIpc) is 3.02. The highest BCUT2D eigenvalue weighted by Gasteiger charge is 2.23. The molecule has 0 aromatic heterocycles. The van der Waals surface area contributed by atoms with E-state index in [-0.39, 0.29) is 28.9 Å². The number of nitrogens with zero attached hydrogens (tertiary/aromatic N) is 2. The van der Waals surface area contributed by atoms with E-state index in [0.717, 1.165) is 5.56 Å². The maximum Gasteiger partial charge on any atom is 0.254 e. The number of amides is 2. The first-order valence-corrected chi connectivity index (χ1v) is 10.2. The van der Waals surface area contributed by atoms with Gasteiger partial charge in [-0.15, -0.1) is 0 Å². The minimum atomic E-state index is -0.272. The molecule has 166 valence electrons. The van der Waals surface area contributed by atoms with Gasteiger partial charge >= 0.3 is 0 Å². The van der Waals surface area contributed by atoms with Crippen LogP contribution in [-0.4, -0.2) is 72.2 Å². The third-order valence-corrected chi connectivity index (χ3v) is 5.36. The molecule has 3 rings (SSSR count). The Morgan fingerprint density at radius 1 is 0.871 bits per heavy atom. The van der Waals surface area contributed by atoms with Crippen LogP contribution >= 0.6 is 0 Å². The van der Waals surface area contributed by atoms with Crippen LogP contribution in [0.3, 0.4) is 0 Å². The van der Waals surface area contributed by atoms with Gasteiger partial charge in [0.05, 0.1) is 14.2 Å². The highest BCUT2D eigenvalue weighted by atomic mass is 16.5. The van der Waals surface area contributed by atoms with Gasteiger partial charge < -0.3 is 29.5 Å². The number of aromatic hydroxyl groups is 2. The van der Waals surface area contributed by atoms with E-state index in [1.165, 1.54) is 18.2 Å². The van der Waals surface area contributed by atoms with Gasteiger partial charge in [-0.05, 0) is 42.7 Å². The third-order valence-electron chi connectivity index (χ3n) is 5.36. The molecule has 31 heavy (non-hydrogen) atoms. The molecule has 2 aromatic carbocycles. The Morgan fingerprint density at radius 2 is 1.52 bits per heavy atom. The van der Waals surface area contributed by atoms with Crippen LogP contribution in [0.5, 0.6) is 23.0 Å². The van der Waals surface area contributed by atoms with Crippen molar-refractivity contribution in [2.24, 2.45) is 0 Å². The molecule has 1 aliphatic rings. The number of phenolic OH excluding ortho intramolecular Hbond substituents is 2. The smallest absolute Gasteiger partial charge is 0.254 e. The molecule has 0 unspecified atom stereocenters. The van der Waals surface area contributed by atoms with Crippen LogP contribution in [0.15, 0.2) is 36.4 Å². The highest BCUT2D eigenvalue weighted by Crippen LogP contribution is 2.28. The summed E-state index contributed by atoms with van der Waals surface area (Å²) < 4.78 is 10.6. The Kier molecular flexibility index (Phi) is 7.23. The van der Waals surface area contributed by atoms with Crippen molar-refractivity contribution in [3.05, 3.63) is 47.5 Å². The largest absolute Gasteiger partial charge is 0.508 e. The minimum Gasteiger partial charge on any atom is -0.508 e. The monoisotopic (exact) mass is 428 g/mol. The standard InChI is InChI=1S/C23H28N2O6/c1-30-20-6-4-16(12-21(20)31-2)5-7-22(28)24-8-3-9-25(11-10-24)23(29)17-13-18(26)15-19(27)14-17/h4,6,12-15,26-27H,3,5,7-11H2,1-2H3. The first-order chi connectivity index (χ1) is 14.9. The normalized spacial score (nSPS) is 14.1. The molecule has 1 fully saturated rings. The van der Waals surface area contributed by atoms with Crippen molar-refractivity contribution >= 4 is 11.8 Å². The SMILES string of the molecule is COc1ccc(CCC(=O)N2CCCN(C(=O)c3cc(O)cc(O)c3)CC2)cc1OC. The van der Waals surface area contributed by atoms with Gasteiger partial charge in [0.15, 0.2) is 11.5 Å². The lowest BCUT2D eigenvalue weighted by atomic mass is 10.1. The molecule has 0 bridgehead atoms. The molecular weight excluding hydrogens is 400 g/mol. The second-order valence-electron chi connectivity index (χ2n) is 7.45. The Bertz CT molecular complexity index is 925. The van der Waals surface area contributed by atoms with Crippen LogP contribution in [0.1, 0.15) is 28.8 Å². The first-order valence-electron chi connectivity index (χ1n) is 10.2. The van der Waals surface area contributed by atoms with Gasteiger partial charge in [-0.3, -0.25) is 9.59 Å². The predicted octanol–water partition coefficient (Wildman–Crippen LogP) is 2.42. The van der Waals surface area contributed by atoms with Crippen LogP contribution in [0.4, 0.5) is 0 Å². The van der Waals surface area contributed by atoms with E-state index in [2.05, 4.69) is 0 Å². The molecule has 1 aliphatic heterocycles. The molecule has 8 heteroatoms. The van der Waals surface area contributed by atoms with Crippen LogP contribution in [-0.2, 0) is 11.2 Å². The summed E-state index contributed by atoms with van der Waals surface area (Å²) in [5, 5.41) is 19.3. The van der Waals surface area contributed by atoms with Gasteiger partial charge in [0.1, 0.15) is 11.5 Å². The van der Waals surface area contributed by atoms with Gasteiger partial charge in [0.25, 0.3) is 5.91 Å². The summed E-state index contributed by atoms with van der Waals surface area (Å²) in [5.41, 5.74) is 1.21. The lowest BCUT2D eigenvalue weighted by Gasteiger charge is -2.22. The molecule has 8 nitrogen and oxygen atoms in total. The summed E-state index contributed by atoms with van der Waals surface area (Å²) >= 11 is 0. The molecule has 0 saturated carbocycles. The van der Waals surface area contributed by atoms with Gasteiger partial charge in [0, 0.05) is 44.2 Å². The Balaban J connectivity index is 1.56. The zero-order chi connectivity index (χ0) is 22.4. The van der Waals surface area contributed by atoms with Crippen molar-refractivity contribution in [3.8, 4) is 23.0 Å². The number of aryl methyl sites for hydroxylation is 1. The molecule has 0 spiro atoms. The fraction of sp³-hybridized carbons (Fsp3) is 0.391. The maximum atomic E-state index is 12.7. The highest BCUT2D eigenvalue weighted by molar-refractivity contribution is 5.95. The number of rotatable bonds is 6. The number of ether oxygens (including phenoxy) is 2. The van der Waals surface area contributed by atoms with Crippen LogP contribution in [0, 0.1) is 0 Å². The molecule has 0 aliphatic carbocycles. The maximum absolute atomic E-state index is 12.7. The second-order valence-corrected chi connectivity index (χ2v) is 7.45. The van der Waals surface area contributed by atoms with Crippen LogP contribution in [0.2, 0.25) is 0 Å². The summed E-state index contributed by atoms with van der Waals surface area (Å²) in [6, 6.07) is 9.46. The lowest BCUT2D eigenvalue weighted by Crippen LogP contribution is -2.37. The first kappa shape index (κ1) is 22.3. The van der Waals surface area contributed by atoms with Gasteiger partial charge in [-0.1, -0.05) is 6.07 Å². The van der Waals surface area contributed by atoms with Crippen LogP contribution in [0.25, 0.3) is 0 Å². The molecule has 0 atom stereocenters. The topological polar surface area (TPSA) is 99.5 Å². The molecule has 2 N–H and O–H groups in total. The van der Waals surface area contributed by atoms with E-state index in [0.29, 0.717) is 56.9 Å². The van der Waals surface area contributed by atoms with Crippen molar-refractivity contribution in [2.75, 3.05) is 40.4 Å². The second kappa shape index (κ2) is 10.1. The number of hydrogen-bond acceptors (Lipinski definition) is 6. The quantitative estimate of drug-likeness (QED) is 0.733. The van der Waals surface area contributed by atoms with E-state index in [9.17, 15) is 19.8 Å². The van der Waals surface area contributed by atoms with Crippen molar-refractivity contribution in [2.45, 2.75) is 19.3 Å². The molecule has 2 amide bonds. The number of methoxy groups -OCH3 is 2. The summed E-state index contributed by atoms with van der Waals surface area (Å²) in [6.45, 7) is 1.94. The summed E-state index contributed by atoms with van der Waals surface area (Å²) in [4.78, 5) is 28.9. The molecule has 1 saturated heterocycles. The average molecular weight is 428 g/mol. The van der Waals surface area contributed by atoms with Gasteiger partial charge in [-0.2, -0.15) is 0 Å². The molecule has 0 radical (unpaired) electrons. The van der Waals surface area contributed by atoms with E-state index in [1.54, 1.807) is 24.0 Å². The number of benzene rings is 2. The van der Waals surface area contributed by atoms with Crippen molar-refractivity contribution in [3.63, 3.8) is 0 Å². The third kappa shape index (κ3) is 5.59. The Morgan fingerprint density at radius 3 is 2.19 bits per heavy atom. The van der Waals surface area contributed by atoms with Crippen molar-refractivity contribution < 1.29 is 29.3 Å². The summed E-state index contributed by atoms with van der Waals surface area (Å²) in [5.74, 6) is 0.726. The number of carbonyl (C=O) groups is 2. The van der Waals surface area contributed by atoms with E-state index in [4.69, 9.17) is 9.47 Å². The summed E-state index contributed by atoms with van der Waals surface area (Å²) in [7, 11) is 3.16. The Hall–Kier alpha value is -3.42. The zero-order valence-electron chi connectivity index (χ0n) is 17.8.